The lowest BCUT2D eigenvalue weighted by Crippen LogP contribution is -2.49. The summed E-state index contributed by atoms with van der Waals surface area (Å²) in [7, 11) is 0. The fourth-order valence-electron chi connectivity index (χ4n) is 3.73. The Morgan fingerprint density at radius 1 is 1.26 bits per heavy atom. The van der Waals surface area contributed by atoms with E-state index in [-0.39, 0.29) is 0 Å². The fraction of sp³-hybridized carbons (Fsp3) is 0.800. The molecule has 0 radical (unpaired) electrons. The number of carbonyl (C=O) groups is 1. The van der Waals surface area contributed by atoms with Gasteiger partial charge in [-0.2, -0.15) is 0 Å². The van der Waals surface area contributed by atoms with E-state index in [4.69, 9.17) is 0 Å². The Bertz CT molecular complexity index is 354. The van der Waals surface area contributed by atoms with Crippen LogP contribution in [0, 0.1) is 11.3 Å². The normalized spacial score (nSPS) is 30.3. The van der Waals surface area contributed by atoms with Crippen molar-refractivity contribution in [2.75, 3.05) is 45.8 Å². The molecule has 2 aliphatic heterocycles. The van der Waals surface area contributed by atoms with Gasteiger partial charge in [0.25, 0.3) is 0 Å². The summed E-state index contributed by atoms with van der Waals surface area (Å²) in [5, 5.41) is 3.40. The average molecular weight is 263 g/mol. The lowest BCUT2D eigenvalue weighted by molar-refractivity contribution is -0.135. The molecule has 0 aromatic heterocycles. The Morgan fingerprint density at radius 3 is 2.58 bits per heavy atom. The number of hydrogen-bond donors (Lipinski definition) is 1. The summed E-state index contributed by atoms with van der Waals surface area (Å²) < 4.78 is 0. The van der Waals surface area contributed by atoms with Crippen molar-refractivity contribution in [2.24, 2.45) is 11.3 Å². The van der Waals surface area contributed by atoms with E-state index in [9.17, 15) is 4.79 Å². The third-order valence-corrected chi connectivity index (χ3v) is 5.16. The molecule has 1 aliphatic carbocycles. The van der Waals surface area contributed by atoms with E-state index in [1.807, 2.05) is 6.08 Å². The molecule has 4 nitrogen and oxygen atoms in total. The molecule has 1 unspecified atom stereocenters. The molecule has 1 spiro atoms. The van der Waals surface area contributed by atoms with E-state index in [1.165, 1.54) is 12.8 Å². The molecule has 2 saturated heterocycles. The van der Waals surface area contributed by atoms with Crippen molar-refractivity contribution >= 4 is 5.91 Å². The van der Waals surface area contributed by atoms with Crippen molar-refractivity contribution < 1.29 is 4.79 Å². The van der Waals surface area contributed by atoms with Crippen LogP contribution in [0.25, 0.3) is 0 Å². The van der Waals surface area contributed by atoms with Crippen molar-refractivity contribution in [3.05, 3.63) is 12.7 Å². The summed E-state index contributed by atoms with van der Waals surface area (Å²) in [6.07, 6.45) is 5.47. The third-order valence-electron chi connectivity index (χ3n) is 5.16. The average Bonchev–Trinajstić information content (AvgIpc) is 3.13. The number of hydrogen-bond acceptors (Lipinski definition) is 3. The van der Waals surface area contributed by atoms with Gasteiger partial charge in [-0.1, -0.05) is 6.08 Å². The molecular weight excluding hydrogens is 238 g/mol. The van der Waals surface area contributed by atoms with Crippen LogP contribution in [0.2, 0.25) is 0 Å². The Hall–Kier alpha value is -0.870. The SMILES string of the molecule is C=CCN1CCN(C(=O)C2CC23CCNCC3)CC1. The first kappa shape index (κ1) is 13.1. The molecule has 1 amide bonds. The first-order valence-electron chi connectivity index (χ1n) is 7.58. The fourth-order valence-corrected chi connectivity index (χ4v) is 3.73. The molecule has 1 saturated carbocycles. The zero-order chi connectivity index (χ0) is 13.3. The molecule has 1 atom stereocenters. The summed E-state index contributed by atoms with van der Waals surface area (Å²) in [5.74, 6) is 0.765. The van der Waals surface area contributed by atoms with Crippen LogP contribution < -0.4 is 5.32 Å². The van der Waals surface area contributed by atoms with Crippen molar-refractivity contribution in [1.82, 2.24) is 15.1 Å². The highest BCUT2D eigenvalue weighted by molar-refractivity contribution is 5.82. The van der Waals surface area contributed by atoms with Gasteiger partial charge >= 0.3 is 0 Å². The Balaban J connectivity index is 1.51. The number of piperidine rings is 1. The molecule has 3 fully saturated rings. The van der Waals surface area contributed by atoms with Crippen LogP contribution >= 0.6 is 0 Å². The molecular formula is C15H25N3O. The number of rotatable bonds is 3. The second-order valence-electron chi connectivity index (χ2n) is 6.28. The zero-order valence-electron chi connectivity index (χ0n) is 11.7. The van der Waals surface area contributed by atoms with Gasteiger partial charge in [-0.15, -0.1) is 6.58 Å². The second-order valence-corrected chi connectivity index (χ2v) is 6.28. The molecule has 106 valence electrons. The van der Waals surface area contributed by atoms with Crippen LogP contribution in [-0.2, 0) is 4.79 Å². The number of piperazine rings is 1. The molecule has 1 N–H and O–H groups in total. The standard InChI is InChI=1S/C15H25N3O/c1-2-7-17-8-10-18(11-9-17)14(19)13-12-15(13)3-5-16-6-4-15/h2,13,16H,1,3-12H2. The highest BCUT2D eigenvalue weighted by atomic mass is 16.2. The van der Waals surface area contributed by atoms with Gasteiger partial charge in [-0.05, 0) is 37.8 Å². The molecule has 4 heteroatoms. The van der Waals surface area contributed by atoms with E-state index in [0.29, 0.717) is 17.2 Å². The number of amides is 1. The van der Waals surface area contributed by atoms with Crippen molar-refractivity contribution in [1.29, 1.82) is 0 Å². The first-order chi connectivity index (χ1) is 9.25. The van der Waals surface area contributed by atoms with Crippen LogP contribution in [0.3, 0.4) is 0 Å². The van der Waals surface area contributed by atoms with Gasteiger partial charge in [-0.3, -0.25) is 9.69 Å². The highest BCUT2D eigenvalue weighted by Crippen LogP contribution is 2.59. The van der Waals surface area contributed by atoms with Crippen LogP contribution in [-0.4, -0.2) is 61.5 Å². The van der Waals surface area contributed by atoms with Crippen LogP contribution in [0.4, 0.5) is 0 Å². The van der Waals surface area contributed by atoms with Gasteiger partial charge in [0.05, 0.1) is 0 Å². The van der Waals surface area contributed by atoms with Gasteiger partial charge in [-0.25, -0.2) is 0 Å². The zero-order valence-corrected chi connectivity index (χ0v) is 11.7. The van der Waals surface area contributed by atoms with E-state index >= 15 is 0 Å². The van der Waals surface area contributed by atoms with Crippen molar-refractivity contribution in [3.63, 3.8) is 0 Å². The smallest absolute Gasteiger partial charge is 0.226 e. The molecule has 0 aromatic carbocycles. The van der Waals surface area contributed by atoms with E-state index in [0.717, 1.165) is 52.2 Å². The Morgan fingerprint density at radius 2 is 1.95 bits per heavy atom. The molecule has 0 bridgehead atoms. The Labute approximate surface area is 115 Å². The molecule has 3 aliphatic rings. The van der Waals surface area contributed by atoms with Crippen LogP contribution in [0.1, 0.15) is 19.3 Å². The minimum Gasteiger partial charge on any atom is -0.340 e. The molecule has 19 heavy (non-hydrogen) atoms. The highest BCUT2D eigenvalue weighted by Gasteiger charge is 2.58. The maximum atomic E-state index is 12.6. The van der Waals surface area contributed by atoms with Gasteiger partial charge in [0.15, 0.2) is 0 Å². The number of carbonyl (C=O) groups excluding carboxylic acids is 1. The second kappa shape index (κ2) is 5.25. The van der Waals surface area contributed by atoms with Crippen molar-refractivity contribution in [2.45, 2.75) is 19.3 Å². The largest absolute Gasteiger partial charge is 0.340 e. The minimum atomic E-state index is 0.334. The van der Waals surface area contributed by atoms with E-state index < -0.39 is 0 Å². The summed E-state index contributed by atoms with van der Waals surface area (Å²) >= 11 is 0. The van der Waals surface area contributed by atoms with Gasteiger partial charge < -0.3 is 10.2 Å². The van der Waals surface area contributed by atoms with Gasteiger partial charge in [0.1, 0.15) is 0 Å². The molecule has 3 rings (SSSR count). The predicted octanol–water partition coefficient (Wildman–Crippen LogP) is 0.706. The van der Waals surface area contributed by atoms with Crippen molar-refractivity contribution in [3.8, 4) is 0 Å². The summed E-state index contributed by atoms with van der Waals surface area (Å²) in [5.41, 5.74) is 0.376. The van der Waals surface area contributed by atoms with Crippen LogP contribution in [0.5, 0.6) is 0 Å². The first-order valence-corrected chi connectivity index (χ1v) is 7.58. The summed E-state index contributed by atoms with van der Waals surface area (Å²) in [4.78, 5) is 17.0. The monoisotopic (exact) mass is 263 g/mol. The lowest BCUT2D eigenvalue weighted by Gasteiger charge is -2.35. The van der Waals surface area contributed by atoms with Crippen LogP contribution in [0.15, 0.2) is 12.7 Å². The van der Waals surface area contributed by atoms with E-state index in [1.54, 1.807) is 0 Å². The number of nitrogens with zero attached hydrogens (tertiary/aromatic N) is 2. The molecule has 0 aromatic rings. The van der Waals surface area contributed by atoms with Gasteiger partial charge in [0.2, 0.25) is 5.91 Å². The predicted molar refractivity (Wildman–Crippen MR) is 75.9 cm³/mol. The summed E-state index contributed by atoms with van der Waals surface area (Å²) in [6, 6.07) is 0. The van der Waals surface area contributed by atoms with Gasteiger partial charge in [0, 0.05) is 38.6 Å². The summed E-state index contributed by atoms with van der Waals surface area (Å²) in [6.45, 7) is 10.7. The Kier molecular flexibility index (Phi) is 3.63. The quantitative estimate of drug-likeness (QED) is 0.762. The maximum absolute atomic E-state index is 12.6. The lowest BCUT2D eigenvalue weighted by atomic mass is 9.91. The maximum Gasteiger partial charge on any atom is 0.226 e. The minimum absolute atomic E-state index is 0.334. The molecule has 2 heterocycles. The number of nitrogens with one attached hydrogen (secondary N) is 1. The van der Waals surface area contributed by atoms with E-state index in [2.05, 4.69) is 21.7 Å². The third kappa shape index (κ3) is 2.56. The topological polar surface area (TPSA) is 35.6 Å².